The second kappa shape index (κ2) is 4.81. The Morgan fingerprint density at radius 2 is 2.22 bits per heavy atom. The molecule has 0 aliphatic carbocycles. The van der Waals surface area contributed by atoms with Crippen LogP contribution in [0, 0.1) is 6.55 Å². The van der Waals surface area contributed by atoms with E-state index in [9.17, 15) is 0 Å². The van der Waals surface area contributed by atoms with Crippen molar-refractivity contribution in [2.45, 2.75) is 0 Å². The van der Waals surface area contributed by atoms with E-state index in [1.165, 1.54) is 0 Å². The minimum absolute atomic E-state index is 0. The molecule has 1 aromatic heterocycles. The van der Waals surface area contributed by atoms with Crippen LogP contribution < -0.4 is 24.2 Å². The maximum Gasteiger partial charge on any atom is 1.00 e. The monoisotopic (exact) mass is 127 g/mol. The van der Waals surface area contributed by atoms with Crippen molar-refractivity contribution in [2.75, 3.05) is 0 Å². The zero-order chi connectivity index (χ0) is 5.82. The summed E-state index contributed by atoms with van der Waals surface area (Å²) in [6.07, 6.45) is 1.79. The Morgan fingerprint density at radius 3 is 2.56 bits per heavy atom. The van der Waals surface area contributed by atoms with Gasteiger partial charge in [-0.2, -0.15) is 0 Å². The Balaban J connectivity index is 0.000000640. The molecule has 0 amide bonds. The second-order valence-electron chi connectivity index (χ2n) is 1.39. The molecule has 0 unspecified atom stereocenters. The maximum atomic E-state index is 4.05. The van der Waals surface area contributed by atoms with Crippen molar-refractivity contribution >= 4 is 14.8 Å². The maximum absolute atomic E-state index is 4.05. The van der Waals surface area contributed by atoms with Gasteiger partial charge in [0.15, 0.2) is 0 Å². The molecule has 0 aliphatic heterocycles. The van der Waals surface area contributed by atoms with E-state index in [1.807, 2.05) is 18.2 Å². The quantitative estimate of drug-likeness (QED) is 0.293. The van der Waals surface area contributed by atoms with Gasteiger partial charge in [0.2, 0.25) is 0 Å². The molecule has 0 bridgehead atoms. The molecule has 0 spiro atoms. The van der Waals surface area contributed by atoms with E-state index >= 15 is 0 Å². The zero-order valence-electron chi connectivity index (χ0n) is 5.46. The van der Waals surface area contributed by atoms with Crippen LogP contribution in [-0.2, 0) is 0 Å². The third kappa shape index (κ3) is 2.85. The molecule has 1 aromatic rings. The molecule has 0 saturated heterocycles. The molecule has 2 radical (unpaired) electrons. The Labute approximate surface area is 69.9 Å². The Kier molecular flexibility index (Phi) is 4.79. The van der Waals surface area contributed by atoms with Gasteiger partial charge >= 0.3 is 18.9 Å². The molecule has 0 atom stereocenters. The summed E-state index contributed by atoms with van der Waals surface area (Å²) in [5, 5.41) is 1.08. The fraction of sp³-hybridized carbons (Fsp3) is 0. The number of rotatable bonds is 1. The molecule has 3 heteroatoms. The Bertz CT molecular complexity index is 154. The van der Waals surface area contributed by atoms with E-state index in [1.54, 1.807) is 6.20 Å². The van der Waals surface area contributed by atoms with Crippen LogP contribution in [0.2, 0.25) is 0 Å². The SMILES string of the molecule is [CH2-][Si]c1ccccn1.[Li+]. The predicted octanol–water partition coefficient (Wildman–Crippen LogP) is -2.79. The summed E-state index contributed by atoms with van der Waals surface area (Å²) in [4.78, 5) is 4.05. The molecule has 9 heavy (non-hydrogen) atoms. The van der Waals surface area contributed by atoms with Gasteiger partial charge in [0.1, 0.15) is 0 Å². The Morgan fingerprint density at radius 1 is 1.44 bits per heavy atom. The van der Waals surface area contributed by atoms with Gasteiger partial charge in [0, 0.05) is 6.20 Å². The summed E-state index contributed by atoms with van der Waals surface area (Å²) in [6.45, 7) is 3.72. The summed E-state index contributed by atoms with van der Waals surface area (Å²) in [5.41, 5.74) is 0. The number of pyridine rings is 1. The summed E-state index contributed by atoms with van der Waals surface area (Å²) in [6, 6.07) is 5.86. The van der Waals surface area contributed by atoms with Crippen LogP contribution in [0.3, 0.4) is 0 Å². The fourth-order valence-corrected chi connectivity index (χ4v) is 0.847. The molecular formula is C6H6LiNSi. The van der Waals surface area contributed by atoms with Gasteiger partial charge in [-0.1, -0.05) is 15.6 Å². The normalized spacial score (nSPS) is 8.11. The third-order valence-corrected chi connectivity index (χ3v) is 1.50. The molecule has 0 aliphatic rings. The average Bonchev–Trinajstić information content (AvgIpc) is 1.90. The van der Waals surface area contributed by atoms with Crippen LogP contribution >= 0.6 is 0 Å². The summed E-state index contributed by atoms with van der Waals surface area (Å²) in [7, 11) is 0.569. The van der Waals surface area contributed by atoms with Gasteiger partial charge in [0.25, 0.3) is 0 Å². The van der Waals surface area contributed by atoms with E-state index in [0.29, 0.717) is 9.52 Å². The molecular weight excluding hydrogens is 121 g/mol. The molecule has 1 heterocycles. The van der Waals surface area contributed by atoms with Crippen LogP contribution in [0.4, 0.5) is 0 Å². The minimum atomic E-state index is 0. The van der Waals surface area contributed by atoms with Crippen molar-refractivity contribution in [3.8, 4) is 0 Å². The van der Waals surface area contributed by atoms with Crippen molar-refractivity contribution < 1.29 is 18.9 Å². The molecule has 1 nitrogen and oxygen atoms in total. The summed E-state index contributed by atoms with van der Waals surface area (Å²) >= 11 is 0. The first kappa shape index (κ1) is 8.96. The van der Waals surface area contributed by atoms with Gasteiger partial charge in [-0.15, -0.1) is 0 Å². The third-order valence-electron chi connectivity index (χ3n) is 0.846. The van der Waals surface area contributed by atoms with Gasteiger partial charge in [-0.25, -0.2) is 0 Å². The first-order valence-corrected chi connectivity index (χ1v) is 3.58. The van der Waals surface area contributed by atoms with Crippen molar-refractivity contribution in [1.29, 1.82) is 0 Å². The van der Waals surface area contributed by atoms with Crippen LogP contribution in [0.15, 0.2) is 24.4 Å². The van der Waals surface area contributed by atoms with Crippen molar-refractivity contribution in [3.05, 3.63) is 30.9 Å². The van der Waals surface area contributed by atoms with Crippen molar-refractivity contribution in [3.63, 3.8) is 0 Å². The summed E-state index contributed by atoms with van der Waals surface area (Å²) < 4.78 is 0. The molecule has 0 fully saturated rings. The molecule has 0 N–H and O–H groups in total. The molecule has 1 rings (SSSR count). The van der Waals surface area contributed by atoms with Crippen LogP contribution in [0.25, 0.3) is 0 Å². The van der Waals surface area contributed by atoms with E-state index in [0.717, 1.165) is 5.32 Å². The fourth-order valence-electron chi connectivity index (χ4n) is 0.467. The first-order chi connectivity index (χ1) is 3.93. The van der Waals surface area contributed by atoms with Crippen molar-refractivity contribution in [1.82, 2.24) is 4.98 Å². The minimum Gasteiger partial charge on any atom is -0.343 e. The van der Waals surface area contributed by atoms with Crippen molar-refractivity contribution in [2.24, 2.45) is 0 Å². The molecule has 40 valence electrons. The van der Waals surface area contributed by atoms with Gasteiger partial charge in [-0.05, 0) is 17.4 Å². The van der Waals surface area contributed by atoms with E-state index < -0.39 is 0 Å². The van der Waals surface area contributed by atoms with Crippen LogP contribution in [-0.4, -0.2) is 14.5 Å². The number of hydrogen-bond donors (Lipinski definition) is 0. The number of aromatic nitrogens is 1. The Hall–Kier alpha value is -0.0357. The largest absolute Gasteiger partial charge is 1.00 e. The van der Waals surface area contributed by atoms with E-state index in [2.05, 4.69) is 11.5 Å². The van der Waals surface area contributed by atoms with Crippen LogP contribution in [0.5, 0.6) is 0 Å². The first-order valence-electron chi connectivity index (χ1n) is 2.37. The summed E-state index contributed by atoms with van der Waals surface area (Å²) in [5.74, 6) is 0. The molecule has 0 saturated carbocycles. The zero-order valence-corrected chi connectivity index (χ0v) is 6.46. The smallest absolute Gasteiger partial charge is 0.343 e. The standard InChI is InChI=1S/C6H6NSi.Li/c1-8-6-4-2-3-5-7-6;/h2-5H,1H2;/q-1;+1. The topological polar surface area (TPSA) is 12.9 Å². The second-order valence-corrected chi connectivity index (χ2v) is 2.26. The molecule has 0 aromatic carbocycles. The van der Waals surface area contributed by atoms with Gasteiger partial charge in [0.05, 0.1) is 0 Å². The van der Waals surface area contributed by atoms with Crippen LogP contribution in [0.1, 0.15) is 0 Å². The number of hydrogen-bond acceptors (Lipinski definition) is 1. The average molecular weight is 127 g/mol. The van der Waals surface area contributed by atoms with E-state index in [-0.39, 0.29) is 18.9 Å². The van der Waals surface area contributed by atoms with Gasteiger partial charge in [-0.3, -0.25) is 4.98 Å². The predicted molar refractivity (Wildman–Crippen MR) is 35.0 cm³/mol. The number of nitrogens with zero attached hydrogens (tertiary/aromatic N) is 1. The van der Waals surface area contributed by atoms with E-state index in [4.69, 9.17) is 0 Å². The van der Waals surface area contributed by atoms with Gasteiger partial charge < -0.3 is 6.55 Å².